The molecule has 0 saturated carbocycles. The molecule has 72 valence electrons. The van der Waals surface area contributed by atoms with Gasteiger partial charge in [-0.3, -0.25) is 0 Å². The molecule has 0 N–H and O–H groups in total. The van der Waals surface area contributed by atoms with Crippen molar-refractivity contribution >= 4 is 60.8 Å². The summed E-state index contributed by atoms with van der Waals surface area (Å²) in [5, 5.41) is 18.7. The summed E-state index contributed by atoms with van der Waals surface area (Å²) in [6.07, 6.45) is 0. The van der Waals surface area contributed by atoms with Gasteiger partial charge in [0, 0.05) is 14.2 Å². The first-order chi connectivity index (χ1) is 5.54. The number of carbonyl (C=O) groups excluding carboxylic acids is 2. The average Bonchev–Trinajstić information content (AvgIpc) is 1.87. The molecule has 0 unspecified atom stereocenters. The maximum absolute atomic E-state index is 9.36. The Morgan fingerprint density at radius 2 is 1.23 bits per heavy atom. The van der Waals surface area contributed by atoms with E-state index in [2.05, 4.69) is 9.47 Å². The molecule has 0 rings (SSSR count). The maximum Gasteiger partial charge on any atom is 2.00 e. The number of carboxylic acids is 2. The van der Waals surface area contributed by atoms with E-state index in [4.69, 9.17) is 0 Å². The van der Waals surface area contributed by atoms with Gasteiger partial charge < -0.3 is 29.3 Å². The zero-order chi connectivity index (χ0) is 9.98. The van der Waals surface area contributed by atoms with Crippen molar-refractivity contribution in [3.8, 4) is 0 Å². The van der Waals surface area contributed by atoms with Gasteiger partial charge in [0.1, 0.15) is 0 Å². The van der Waals surface area contributed by atoms with Gasteiger partial charge in [-0.25, -0.2) is 0 Å². The fraction of sp³-hybridized carbons (Fsp3) is 0.667. The molecule has 6 nitrogen and oxygen atoms in total. The Morgan fingerprint density at radius 3 is 1.23 bits per heavy atom. The number of hydrogen-bond donors (Lipinski definition) is 0. The standard InChI is InChI=1S/2C3H6O3.Ba/c2*1-6-2-3(4)5;/h2*2H2,1H3,(H,4,5);/q;;+2/p-2. The number of ether oxygens (including phenoxy) is 2. The van der Waals surface area contributed by atoms with E-state index in [9.17, 15) is 19.8 Å². The Bertz CT molecular complexity index is 121. The van der Waals surface area contributed by atoms with E-state index in [1.807, 2.05) is 0 Å². The van der Waals surface area contributed by atoms with Crippen molar-refractivity contribution in [1.82, 2.24) is 0 Å². The summed E-state index contributed by atoms with van der Waals surface area (Å²) in [5.41, 5.74) is 0. The van der Waals surface area contributed by atoms with Gasteiger partial charge in [-0.1, -0.05) is 0 Å². The fourth-order valence-electron chi connectivity index (χ4n) is 0.236. The zero-order valence-corrected chi connectivity index (χ0v) is 12.0. The van der Waals surface area contributed by atoms with Crippen LogP contribution in [0.15, 0.2) is 0 Å². The molecular formula is C6H10BaO6. The van der Waals surface area contributed by atoms with Crippen LogP contribution in [0.5, 0.6) is 0 Å². The predicted octanol–water partition coefficient (Wildman–Crippen LogP) is -3.62. The molecular weight excluding hydrogens is 305 g/mol. The third-order valence-electron chi connectivity index (χ3n) is 0.524. The van der Waals surface area contributed by atoms with E-state index in [1.54, 1.807) is 0 Å². The van der Waals surface area contributed by atoms with Crippen LogP contribution < -0.4 is 10.2 Å². The van der Waals surface area contributed by atoms with Gasteiger partial charge in [-0.15, -0.1) is 0 Å². The molecule has 7 heteroatoms. The molecule has 0 aromatic heterocycles. The quantitative estimate of drug-likeness (QED) is 0.497. The summed E-state index contributed by atoms with van der Waals surface area (Å²) in [6.45, 7) is -0.639. The molecule has 0 radical (unpaired) electrons. The molecule has 0 heterocycles. The van der Waals surface area contributed by atoms with Crippen molar-refractivity contribution in [3.63, 3.8) is 0 Å². The Balaban J connectivity index is -0.000000143. The number of methoxy groups -OCH3 is 2. The number of aliphatic carboxylic acids is 2. The van der Waals surface area contributed by atoms with E-state index in [0.29, 0.717) is 0 Å². The number of rotatable bonds is 4. The Hall–Kier alpha value is 0.431. The zero-order valence-electron chi connectivity index (χ0n) is 7.57. The van der Waals surface area contributed by atoms with Gasteiger partial charge >= 0.3 is 48.9 Å². The minimum atomic E-state index is -1.18. The molecule has 0 aromatic rings. The first kappa shape index (κ1) is 19.1. The summed E-state index contributed by atoms with van der Waals surface area (Å²) in [4.78, 5) is 18.7. The molecule has 0 saturated heterocycles. The van der Waals surface area contributed by atoms with Crippen molar-refractivity contribution in [3.05, 3.63) is 0 Å². The second-order valence-corrected chi connectivity index (χ2v) is 1.61. The first-order valence-electron chi connectivity index (χ1n) is 2.92. The smallest absolute Gasteiger partial charge is 0.548 e. The van der Waals surface area contributed by atoms with E-state index in [-0.39, 0.29) is 62.1 Å². The van der Waals surface area contributed by atoms with Gasteiger partial charge in [0.05, 0.1) is 25.2 Å². The molecule has 0 atom stereocenters. The van der Waals surface area contributed by atoms with Gasteiger partial charge in [-0.05, 0) is 0 Å². The molecule has 0 bridgehead atoms. The van der Waals surface area contributed by atoms with Crippen LogP contribution >= 0.6 is 0 Å². The van der Waals surface area contributed by atoms with Gasteiger partial charge in [0.25, 0.3) is 0 Å². The molecule has 0 amide bonds. The van der Waals surface area contributed by atoms with Crippen molar-refractivity contribution in [1.29, 1.82) is 0 Å². The van der Waals surface area contributed by atoms with Crippen LogP contribution in [0.2, 0.25) is 0 Å². The van der Waals surface area contributed by atoms with Gasteiger partial charge in [-0.2, -0.15) is 0 Å². The van der Waals surface area contributed by atoms with Crippen LogP contribution in [0.25, 0.3) is 0 Å². The summed E-state index contributed by atoms with van der Waals surface area (Å²) in [5.74, 6) is -2.37. The van der Waals surface area contributed by atoms with Crippen molar-refractivity contribution in [2.45, 2.75) is 0 Å². The summed E-state index contributed by atoms with van der Waals surface area (Å²) in [7, 11) is 2.60. The van der Waals surface area contributed by atoms with Crippen LogP contribution in [0.3, 0.4) is 0 Å². The normalized spacial score (nSPS) is 7.54. The average molecular weight is 315 g/mol. The molecule has 0 fully saturated rings. The van der Waals surface area contributed by atoms with E-state index in [0.717, 1.165) is 0 Å². The van der Waals surface area contributed by atoms with Crippen LogP contribution in [0.4, 0.5) is 0 Å². The van der Waals surface area contributed by atoms with Crippen molar-refractivity contribution in [2.75, 3.05) is 27.4 Å². The molecule has 13 heavy (non-hydrogen) atoms. The van der Waals surface area contributed by atoms with Crippen molar-refractivity contribution < 1.29 is 29.3 Å². The Kier molecular flexibility index (Phi) is 21.9. The summed E-state index contributed by atoms with van der Waals surface area (Å²) in [6, 6.07) is 0. The van der Waals surface area contributed by atoms with E-state index < -0.39 is 11.9 Å². The third-order valence-corrected chi connectivity index (χ3v) is 0.524. The van der Waals surface area contributed by atoms with E-state index >= 15 is 0 Å². The van der Waals surface area contributed by atoms with Gasteiger partial charge in [0.15, 0.2) is 0 Å². The fourth-order valence-corrected chi connectivity index (χ4v) is 0.236. The molecule has 0 aliphatic heterocycles. The monoisotopic (exact) mass is 316 g/mol. The first-order valence-corrected chi connectivity index (χ1v) is 2.92. The summed E-state index contributed by atoms with van der Waals surface area (Å²) >= 11 is 0. The molecule has 0 aliphatic rings. The Morgan fingerprint density at radius 1 is 1.00 bits per heavy atom. The van der Waals surface area contributed by atoms with Crippen LogP contribution in [-0.2, 0) is 19.1 Å². The molecule has 0 aromatic carbocycles. The van der Waals surface area contributed by atoms with E-state index in [1.165, 1.54) is 14.2 Å². The van der Waals surface area contributed by atoms with Gasteiger partial charge in [0.2, 0.25) is 0 Å². The minimum Gasteiger partial charge on any atom is -0.548 e. The second kappa shape index (κ2) is 14.9. The predicted molar refractivity (Wildman–Crippen MR) is 39.5 cm³/mol. The van der Waals surface area contributed by atoms with Crippen LogP contribution in [0.1, 0.15) is 0 Å². The SMILES string of the molecule is COCC(=O)[O-].COCC(=O)[O-].[Ba+2]. The number of carbonyl (C=O) groups is 2. The second-order valence-electron chi connectivity index (χ2n) is 1.61. The number of carboxylic acid groups (broad SMARTS) is 2. The topological polar surface area (TPSA) is 98.7 Å². The van der Waals surface area contributed by atoms with Crippen LogP contribution in [0, 0.1) is 0 Å². The largest absolute Gasteiger partial charge is 2.00 e. The maximum atomic E-state index is 9.36. The molecule has 0 aliphatic carbocycles. The molecule has 0 spiro atoms. The van der Waals surface area contributed by atoms with Crippen molar-refractivity contribution in [2.24, 2.45) is 0 Å². The minimum absolute atomic E-state index is 0. The van der Waals surface area contributed by atoms with Crippen LogP contribution in [-0.4, -0.2) is 88.3 Å². The number of hydrogen-bond acceptors (Lipinski definition) is 6. The Labute approximate surface area is 116 Å². The third kappa shape index (κ3) is 32.7. The summed E-state index contributed by atoms with van der Waals surface area (Å²) < 4.78 is 8.28.